The molecule has 84 valence electrons. The molecular weight excluding hydrogens is 204 g/mol. The topological polar surface area (TPSA) is 31.6 Å². The number of hydrogen-bond acceptors (Lipinski definition) is 3. The first-order chi connectivity index (χ1) is 7.88. The molecule has 1 aromatic heterocycles. The minimum atomic E-state index is 0.272. The van der Waals surface area contributed by atoms with Crippen LogP contribution >= 0.6 is 0 Å². The Kier molecular flexibility index (Phi) is 2.33. The quantitative estimate of drug-likeness (QED) is 0.738. The van der Waals surface area contributed by atoms with Gasteiger partial charge in [0.15, 0.2) is 6.79 Å². The summed E-state index contributed by atoms with van der Waals surface area (Å²) in [6, 6.07) is 6.15. The molecule has 0 radical (unpaired) electrons. The number of rotatable bonds is 4. The van der Waals surface area contributed by atoms with E-state index in [1.807, 2.05) is 6.07 Å². The first kappa shape index (κ1) is 9.73. The van der Waals surface area contributed by atoms with Crippen molar-refractivity contribution in [1.82, 2.24) is 0 Å². The van der Waals surface area contributed by atoms with E-state index in [0.29, 0.717) is 5.92 Å². The Balaban J connectivity index is 2.03. The predicted molar refractivity (Wildman–Crippen MR) is 60.7 cm³/mol. The van der Waals surface area contributed by atoms with Crippen molar-refractivity contribution in [2.75, 3.05) is 13.9 Å². The van der Waals surface area contributed by atoms with Crippen molar-refractivity contribution in [2.45, 2.75) is 18.8 Å². The summed E-state index contributed by atoms with van der Waals surface area (Å²) in [5, 5.41) is 1.02. The number of methoxy groups -OCH3 is 1. The molecule has 0 amide bonds. The molecule has 1 saturated carbocycles. The Labute approximate surface area is 94.0 Å². The molecule has 2 aromatic rings. The van der Waals surface area contributed by atoms with Crippen LogP contribution in [-0.4, -0.2) is 13.9 Å². The standard InChI is InChI=1S/C13H14O3/c1-14-8-16-13-7-10(9-2-3-9)6-12-11(13)4-5-15-12/h4-7,9H,2-3,8H2,1H3. The third-order valence-electron chi connectivity index (χ3n) is 2.94. The minimum absolute atomic E-state index is 0.272. The van der Waals surface area contributed by atoms with Crippen molar-refractivity contribution in [3.63, 3.8) is 0 Å². The van der Waals surface area contributed by atoms with Gasteiger partial charge in [-0.05, 0) is 42.5 Å². The largest absolute Gasteiger partial charge is 0.467 e. The van der Waals surface area contributed by atoms with Gasteiger partial charge < -0.3 is 13.9 Å². The van der Waals surface area contributed by atoms with E-state index in [-0.39, 0.29) is 6.79 Å². The Morgan fingerprint density at radius 2 is 2.25 bits per heavy atom. The molecular formula is C13H14O3. The van der Waals surface area contributed by atoms with E-state index >= 15 is 0 Å². The number of benzene rings is 1. The maximum absolute atomic E-state index is 5.56. The molecule has 16 heavy (non-hydrogen) atoms. The Hall–Kier alpha value is -1.48. The van der Waals surface area contributed by atoms with Crippen LogP contribution in [0, 0.1) is 0 Å². The van der Waals surface area contributed by atoms with Crippen LogP contribution < -0.4 is 4.74 Å². The average molecular weight is 218 g/mol. The predicted octanol–water partition coefficient (Wildman–Crippen LogP) is 3.29. The molecule has 3 rings (SSSR count). The van der Waals surface area contributed by atoms with Gasteiger partial charge in [-0.25, -0.2) is 0 Å². The van der Waals surface area contributed by atoms with Crippen molar-refractivity contribution in [2.24, 2.45) is 0 Å². The van der Waals surface area contributed by atoms with Crippen molar-refractivity contribution in [3.05, 3.63) is 30.0 Å². The van der Waals surface area contributed by atoms with Gasteiger partial charge in [0.05, 0.1) is 11.6 Å². The van der Waals surface area contributed by atoms with Gasteiger partial charge in [0, 0.05) is 7.11 Å². The molecule has 0 bridgehead atoms. The zero-order valence-corrected chi connectivity index (χ0v) is 9.23. The molecule has 0 saturated heterocycles. The molecule has 0 aliphatic heterocycles. The van der Waals surface area contributed by atoms with Crippen LogP contribution in [-0.2, 0) is 4.74 Å². The summed E-state index contributed by atoms with van der Waals surface area (Å²) in [7, 11) is 1.62. The summed E-state index contributed by atoms with van der Waals surface area (Å²) in [6.07, 6.45) is 4.24. The van der Waals surface area contributed by atoms with E-state index in [4.69, 9.17) is 13.9 Å². The van der Waals surface area contributed by atoms with E-state index in [9.17, 15) is 0 Å². The van der Waals surface area contributed by atoms with Crippen molar-refractivity contribution >= 4 is 11.0 Å². The summed E-state index contributed by atoms with van der Waals surface area (Å²) in [6.45, 7) is 0.272. The lowest BCUT2D eigenvalue weighted by atomic mass is 10.1. The van der Waals surface area contributed by atoms with Gasteiger partial charge in [-0.15, -0.1) is 0 Å². The lowest BCUT2D eigenvalue weighted by molar-refractivity contribution is 0.0522. The number of furan rings is 1. The first-order valence-electron chi connectivity index (χ1n) is 5.51. The van der Waals surface area contributed by atoms with Gasteiger partial charge in [0.25, 0.3) is 0 Å². The van der Waals surface area contributed by atoms with Crippen LogP contribution in [0.5, 0.6) is 5.75 Å². The third-order valence-corrected chi connectivity index (χ3v) is 2.94. The molecule has 0 unspecified atom stereocenters. The van der Waals surface area contributed by atoms with E-state index < -0.39 is 0 Å². The highest BCUT2D eigenvalue weighted by molar-refractivity contribution is 5.85. The van der Waals surface area contributed by atoms with Gasteiger partial charge in [0.2, 0.25) is 0 Å². The van der Waals surface area contributed by atoms with Crippen LogP contribution in [0.2, 0.25) is 0 Å². The molecule has 3 nitrogen and oxygen atoms in total. The van der Waals surface area contributed by atoms with Crippen LogP contribution in [0.1, 0.15) is 24.3 Å². The van der Waals surface area contributed by atoms with E-state index in [2.05, 4.69) is 12.1 Å². The summed E-state index contributed by atoms with van der Waals surface area (Å²) in [5.74, 6) is 1.55. The van der Waals surface area contributed by atoms with E-state index in [1.54, 1.807) is 13.4 Å². The zero-order chi connectivity index (χ0) is 11.0. The zero-order valence-electron chi connectivity index (χ0n) is 9.23. The van der Waals surface area contributed by atoms with Gasteiger partial charge in [-0.1, -0.05) is 0 Å². The van der Waals surface area contributed by atoms with Crippen molar-refractivity contribution in [3.8, 4) is 5.75 Å². The normalized spacial score (nSPS) is 15.6. The fourth-order valence-electron chi connectivity index (χ4n) is 1.95. The first-order valence-corrected chi connectivity index (χ1v) is 5.51. The minimum Gasteiger partial charge on any atom is -0.467 e. The Bertz CT molecular complexity index is 497. The summed E-state index contributed by atoms with van der Waals surface area (Å²) in [5.41, 5.74) is 2.21. The van der Waals surface area contributed by atoms with Crippen LogP contribution in [0.3, 0.4) is 0 Å². The summed E-state index contributed by atoms with van der Waals surface area (Å²) in [4.78, 5) is 0. The van der Waals surface area contributed by atoms with Crippen molar-refractivity contribution < 1.29 is 13.9 Å². The molecule has 1 fully saturated rings. The second-order valence-corrected chi connectivity index (χ2v) is 4.18. The number of ether oxygens (including phenoxy) is 2. The van der Waals surface area contributed by atoms with Gasteiger partial charge in [0.1, 0.15) is 11.3 Å². The fraction of sp³-hybridized carbons (Fsp3) is 0.385. The second kappa shape index (κ2) is 3.83. The maximum atomic E-state index is 5.56. The Morgan fingerprint density at radius 1 is 1.38 bits per heavy atom. The fourth-order valence-corrected chi connectivity index (χ4v) is 1.95. The molecule has 0 N–H and O–H groups in total. The second-order valence-electron chi connectivity index (χ2n) is 4.18. The lowest BCUT2D eigenvalue weighted by Crippen LogP contribution is -1.99. The monoisotopic (exact) mass is 218 g/mol. The van der Waals surface area contributed by atoms with Gasteiger partial charge in [-0.3, -0.25) is 0 Å². The molecule has 1 aliphatic rings. The number of fused-ring (bicyclic) bond motifs is 1. The molecule has 1 heterocycles. The van der Waals surface area contributed by atoms with Crippen LogP contribution in [0.25, 0.3) is 11.0 Å². The average Bonchev–Trinajstić information content (AvgIpc) is 3.04. The summed E-state index contributed by atoms with van der Waals surface area (Å²) < 4.78 is 15.9. The highest BCUT2D eigenvalue weighted by atomic mass is 16.7. The van der Waals surface area contributed by atoms with Gasteiger partial charge in [-0.2, -0.15) is 0 Å². The Morgan fingerprint density at radius 3 is 3.00 bits per heavy atom. The van der Waals surface area contributed by atoms with Gasteiger partial charge >= 0.3 is 0 Å². The molecule has 0 atom stereocenters. The lowest BCUT2D eigenvalue weighted by Gasteiger charge is -2.07. The van der Waals surface area contributed by atoms with Crippen LogP contribution in [0.4, 0.5) is 0 Å². The van der Waals surface area contributed by atoms with Crippen LogP contribution in [0.15, 0.2) is 28.9 Å². The molecule has 3 heteroatoms. The number of hydrogen-bond donors (Lipinski definition) is 0. The van der Waals surface area contributed by atoms with E-state index in [1.165, 1.54) is 18.4 Å². The summed E-state index contributed by atoms with van der Waals surface area (Å²) >= 11 is 0. The molecule has 1 aromatic carbocycles. The SMILES string of the molecule is COCOc1cc(C2CC2)cc2occc12. The van der Waals surface area contributed by atoms with E-state index in [0.717, 1.165) is 16.7 Å². The molecule has 0 spiro atoms. The maximum Gasteiger partial charge on any atom is 0.188 e. The highest BCUT2D eigenvalue weighted by Gasteiger charge is 2.25. The third kappa shape index (κ3) is 1.67. The smallest absolute Gasteiger partial charge is 0.188 e. The van der Waals surface area contributed by atoms with Crippen molar-refractivity contribution in [1.29, 1.82) is 0 Å². The molecule has 1 aliphatic carbocycles. The highest BCUT2D eigenvalue weighted by Crippen LogP contribution is 2.43.